The Morgan fingerprint density at radius 1 is 1.45 bits per heavy atom. The summed E-state index contributed by atoms with van der Waals surface area (Å²) in [6.07, 6.45) is 0. The second kappa shape index (κ2) is 7.55. The summed E-state index contributed by atoms with van der Waals surface area (Å²) >= 11 is 11.0. The van der Waals surface area contributed by atoms with E-state index in [-0.39, 0.29) is 17.0 Å². The van der Waals surface area contributed by atoms with Crippen LogP contribution in [0.3, 0.4) is 0 Å². The lowest BCUT2D eigenvalue weighted by Gasteiger charge is -2.23. The average Bonchev–Trinajstić information content (AvgIpc) is 2.86. The maximum Gasteiger partial charge on any atom is 0.241 e. The number of hydrogen-bond acceptors (Lipinski definition) is 3. The van der Waals surface area contributed by atoms with Crippen molar-refractivity contribution >= 4 is 50.5 Å². The standard InChI is InChI=1S/C15H15BrClFN2OS/c1-9(20(2)8-11-4-6-14(16)22-11)15(21)19-13-5-3-10(18)7-12(13)17/h3-7,9H,8H2,1-2H3,(H,19,21)/t9-/m1/s1. The molecular weight excluding hydrogens is 391 g/mol. The maximum atomic E-state index is 13.0. The Balaban J connectivity index is 1.98. The summed E-state index contributed by atoms with van der Waals surface area (Å²) < 4.78 is 14.1. The van der Waals surface area contributed by atoms with E-state index < -0.39 is 5.82 Å². The summed E-state index contributed by atoms with van der Waals surface area (Å²) in [7, 11) is 1.88. The molecule has 1 aromatic heterocycles. The van der Waals surface area contributed by atoms with Crippen LogP contribution in [0.2, 0.25) is 5.02 Å². The van der Waals surface area contributed by atoms with Crippen molar-refractivity contribution in [1.82, 2.24) is 4.90 Å². The molecule has 1 heterocycles. The van der Waals surface area contributed by atoms with Gasteiger partial charge in [-0.15, -0.1) is 11.3 Å². The Kier molecular flexibility index (Phi) is 5.97. The summed E-state index contributed by atoms with van der Waals surface area (Å²) in [5.41, 5.74) is 0.409. The molecule has 0 bridgehead atoms. The normalized spacial score (nSPS) is 12.5. The van der Waals surface area contributed by atoms with Gasteiger partial charge in [-0.3, -0.25) is 9.69 Å². The molecule has 2 rings (SSSR count). The summed E-state index contributed by atoms with van der Waals surface area (Å²) in [6.45, 7) is 2.48. The molecule has 2 aromatic rings. The third-order valence-electron chi connectivity index (χ3n) is 3.26. The van der Waals surface area contributed by atoms with Crippen LogP contribution in [0.5, 0.6) is 0 Å². The second-order valence-electron chi connectivity index (χ2n) is 4.91. The van der Waals surface area contributed by atoms with Crippen LogP contribution in [-0.2, 0) is 11.3 Å². The predicted octanol–water partition coefficient (Wildman–Crippen LogP) is 4.76. The second-order valence-corrected chi connectivity index (χ2v) is 7.87. The third-order valence-corrected chi connectivity index (χ3v) is 5.18. The van der Waals surface area contributed by atoms with Crippen molar-refractivity contribution in [3.63, 3.8) is 0 Å². The van der Waals surface area contributed by atoms with E-state index in [1.54, 1.807) is 11.3 Å². The van der Waals surface area contributed by atoms with Gasteiger partial charge in [-0.25, -0.2) is 4.39 Å². The molecule has 0 aliphatic rings. The Labute approximate surface area is 146 Å². The average molecular weight is 406 g/mol. The fourth-order valence-corrected chi connectivity index (χ4v) is 3.61. The molecule has 3 nitrogen and oxygen atoms in total. The van der Waals surface area contributed by atoms with Gasteiger partial charge in [-0.1, -0.05) is 11.6 Å². The van der Waals surface area contributed by atoms with Crippen LogP contribution in [0.4, 0.5) is 10.1 Å². The van der Waals surface area contributed by atoms with Crippen molar-refractivity contribution in [3.8, 4) is 0 Å². The number of amides is 1. The van der Waals surface area contributed by atoms with Gasteiger partial charge in [0.2, 0.25) is 5.91 Å². The quantitative estimate of drug-likeness (QED) is 0.777. The van der Waals surface area contributed by atoms with Crippen molar-refractivity contribution in [2.24, 2.45) is 0 Å². The highest BCUT2D eigenvalue weighted by atomic mass is 79.9. The molecule has 0 spiro atoms. The fourth-order valence-electron chi connectivity index (χ4n) is 1.85. The number of nitrogens with zero attached hydrogens (tertiary/aromatic N) is 1. The first kappa shape index (κ1) is 17.4. The summed E-state index contributed by atoms with van der Waals surface area (Å²) in [5.74, 6) is -0.622. The molecule has 0 aliphatic heterocycles. The highest BCUT2D eigenvalue weighted by Gasteiger charge is 2.19. The van der Waals surface area contributed by atoms with Crippen LogP contribution in [-0.4, -0.2) is 23.9 Å². The molecule has 0 fully saturated rings. The number of nitrogens with one attached hydrogen (secondary N) is 1. The van der Waals surface area contributed by atoms with Crippen molar-refractivity contribution in [3.05, 3.63) is 49.8 Å². The van der Waals surface area contributed by atoms with Gasteiger partial charge in [0.05, 0.1) is 20.5 Å². The Morgan fingerprint density at radius 2 is 2.18 bits per heavy atom. The highest BCUT2D eigenvalue weighted by Crippen LogP contribution is 2.25. The molecule has 1 amide bonds. The van der Waals surface area contributed by atoms with E-state index in [2.05, 4.69) is 21.2 Å². The van der Waals surface area contributed by atoms with Crippen molar-refractivity contribution in [1.29, 1.82) is 0 Å². The van der Waals surface area contributed by atoms with E-state index >= 15 is 0 Å². The third kappa shape index (κ3) is 4.52. The summed E-state index contributed by atoms with van der Waals surface area (Å²) in [5, 5.41) is 2.91. The number of halogens is 3. The monoisotopic (exact) mass is 404 g/mol. The predicted molar refractivity (Wildman–Crippen MR) is 93.0 cm³/mol. The lowest BCUT2D eigenvalue weighted by Crippen LogP contribution is -2.39. The molecule has 1 N–H and O–H groups in total. The van der Waals surface area contributed by atoms with Gasteiger partial charge in [-0.2, -0.15) is 0 Å². The van der Waals surface area contributed by atoms with Gasteiger partial charge < -0.3 is 5.32 Å². The van der Waals surface area contributed by atoms with E-state index in [1.165, 1.54) is 18.2 Å². The van der Waals surface area contributed by atoms with Gasteiger partial charge in [0.15, 0.2) is 0 Å². The first-order valence-electron chi connectivity index (χ1n) is 6.57. The molecule has 0 radical (unpaired) electrons. The van der Waals surface area contributed by atoms with E-state index in [0.29, 0.717) is 12.2 Å². The maximum absolute atomic E-state index is 13.0. The number of rotatable bonds is 5. The summed E-state index contributed by atoms with van der Waals surface area (Å²) in [4.78, 5) is 15.4. The van der Waals surface area contributed by atoms with Gasteiger partial charge in [0.25, 0.3) is 0 Å². The lowest BCUT2D eigenvalue weighted by molar-refractivity contribution is -0.120. The number of benzene rings is 1. The molecule has 0 unspecified atom stereocenters. The minimum atomic E-state index is -0.434. The number of anilines is 1. The number of carbonyl (C=O) groups is 1. The van der Waals surface area contributed by atoms with Gasteiger partial charge in [0, 0.05) is 11.4 Å². The largest absolute Gasteiger partial charge is 0.323 e. The Bertz CT molecular complexity index is 679. The lowest BCUT2D eigenvalue weighted by atomic mass is 10.2. The highest BCUT2D eigenvalue weighted by molar-refractivity contribution is 9.11. The molecule has 0 saturated heterocycles. The van der Waals surface area contributed by atoms with Crippen LogP contribution in [0.15, 0.2) is 34.1 Å². The molecule has 0 saturated carbocycles. The van der Waals surface area contributed by atoms with Gasteiger partial charge >= 0.3 is 0 Å². The molecule has 22 heavy (non-hydrogen) atoms. The smallest absolute Gasteiger partial charge is 0.241 e. The van der Waals surface area contributed by atoms with Crippen LogP contribution in [0, 0.1) is 5.82 Å². The first-order valence-corrected chi connectivity index (χ1v) is 8.56. The molecule has 1 aromatic carbocycles. The summed E-state index contributed by atoms with van der Waals surface area (Å²) in [6, 6.07) is 7.55. The van der Waals surface area contributed by atoms with Crippen LogP contribution in [0.25, 0.3) is 0 Å². The fraction of sp³-hybridized carbons (Fsp3) is 0.267. The minimum absolute atomic E-state index is 0.186. The van der Waals surface area contributed by atoms with Crippen LogP contribution >= 0.6 is 38.9 Å². The van der Waals surface area contributed by atoms with Crippen molar-refractivity contribution in [2.45, 2.75) is 19.5 Å². The number of likely N-dealkylation sites (N-methyl/N-ethyl adjacent to an activating group) is 1. The first-order chi connectivity index (χ1) is 10.4. The molecule has 7 heteroatoms. The number of carbonyl (C=O) groups excluding carboxylic acids is 1. The molecule has 1 atom stereocenters. The van der Waals surface area contributed by atoms with E-state index in [4.69, 9.17) is 11.6 Å². The number of thiophene rings is 1. The minimum Gasteiger partial charge on any atom is -0.323 e. The molecular formula is C15H15BrClFN2OS. The molecule has 0 aliphatic carbocycles. The Hall–Kier alpha value is -0.950. The number of hydrogen-bond donors (Lipinski definition) is 1. The van der Waals surface area contributed by atoms with Gasteiger partial charge in [0.1, 0.15) is 5.82 Å². The van der Waals surface area contributed by atoms with E-state index in [9.17, 15) is 9.18 Å². The van der Waals surface area contributed by atoms with Crippen LogP contribution < -0.4 is 5.32 Å². The van der Waals surface area contributed by atoms with Gasteiger partial charge in [-0.05, 0) is 60.2 Å². The zero-order valence-electron chi connectivity index (χ0n) is 12.1. The van der Waals surface area contributed by atoms with Crippen LogP contribution in [0.1, 0.15) is 11.8 Å². The topological polar surface area (TPSA) is 32.3 Å². The Morgan fingerprint density at radius 3 is 2.77 bits per heavy atom. The van der Waals surface area contributed by atoms with Crippen molar-refractivity contribution < 1.29 is 9.18 Å². The zero-order chi connectivity index (χ0) is 16.3. The van der Waals surface area contributed by atoms with E-state index in [0.717, 1.165) is 8.66 Å². The van der Waals surface area contributed by atoms with Crippen molar-refractivity contribution in [2.75, 3.05) is 12.4 Å². The van der Waals surface area contributed by atoms with E-state index in [1.807, 2.05) is 31.0 Å². The zero-order valence-corrected chi connectivity index (χ0v) is 15.2. The molecule has 118 valence electrons. The SMILES string of the molecule is C[C@H](C(=O)Nc1ccc(F)cc1Cl)N(C)Cc1ccc(Br)s1.